The van der Waals surface area contributed by atoms with E-state index in [0.717, 1.165) is 103 Å². The van der Waals surface area contributed by atoms with Crippen molar-refractivity contribution in [2.75, 3.05) is 30.5 Å². The molecule has 3 aromatic heterocycles. The number of anilines is 2. The summed E-state index contributed by atoms with van der Waals surface area (Å²) in [5.74, 6) is 2.74. The van der Waals surface area contributed by atoms with E-state index in [2.05, 4.69) is 111 Å². The Hall–Kier alpha value is -9.23. The van der Waals surface area contributed by atoms with Crippen molar-refractivity contribution in [3.8, 4) is 67.9 Å². The number of aromatic nitrogens is 5. The third kappa shape index (κ3) is 11.8. The number of hydrogen-bond donors (Lipinski definition) is 2. The molecule has 0 aliphatic carbocycles. The first-order valence-corrected chi connectivity index (χ1v) is 27.7. The number of aryl methyl sites for hydroxylation is 5. The van der Waals surface area contributed by atoms with Crippen LogP contribution in [0.3, 0.4) is 0 Å². The summed E-state index contributed by atoms with van der Waals surface area (Å²) in [6.45, 7) is 16.8. The van der Waals surface area contributed by atoms with Crippen LogP contribution >= 0.6 is 0 Å². The highest BCUT2D eigenvalue weighted by Gasteiger charge is 2.30. The summed E-state index contributed by atoms with van der Waals surface area (Å²) >= 11 is 0. The lowest BCUT2D eigenvalue weighted by Gasteiger charge is -2.30. The van der Waals surface area contributed by atoms with Crippen LogP contribution < -0.4 is 20.1 Å². The lowest BCUT2D eigenvalue weighted by atomic mass is 9.93. The largest absolute Gasteiger partial charge is 0.454 e. The maximum Gasteiger partial charge on any atom is 0.322 e. The number of nitrogens with one attached hydrogen (secondary N) is 2. The van der Waals surface area contributed by atoms with Gasteiger partial charge in [0, 0.05) is 85.9 Å². The van der Waals surface area contributed by atoms with Gasteiger partial charge >= 0.3 is 12.1 Å². The molecule has 80 heavy (non-hydrogen) atoms. The predicted octanol–water partition coefficient (Wildman–Crippen LogP) is 15.2. The van der Waals surface area contributed by atoms with Crippen molar-refractivity contribution in [3.05, 3.63) is 208 Å². The fourth-order valence-electron chi connectivity index (χ4n) is 10.6. The zero-order valence-corrected chi connectivity index (χ0v) is 46.6. The minimum Gasteiger partial charge on any atom is -0.454 e. The molecule has 13 nitrogen and oxygen atoms in total. The summed E-state index contributed by atoms with van der Waals surface area (Å²) in [7, 11) is 0. The first kappa shape index (κ1) is 54.1. The van der Waals surface area contributed by atoms with Crippen LogP contribution in [0.5, 0.6) is 11.5 Å². The molecule has 4 amide bonds. The van der Waals surface area contributed by atoms with Crippen molar-refractivity contribution in [3.63, 3.8) is 0 Å². The van der Waals surface area contributed by atoms with Gasteiger partial charge in [0.25, 0.3) is 0 Å². The summed E-state index contributed by atoms with van der Waals surface area (Å²) in [5, 5.41) is 6.22. The van der Waals surface area contributed by atoms with Crippen molar-refractivity contribution in [2.24, 2.45) is 0 Å². The fraction of sp³-hybridized carbons (Fsp3) is 0.239. The minimum atomic E-state index is -0.118. The number of benzene rings is 6. The minimum absolute atomic E-state index is 0. The zero-order valence-electron chi connectivity index (χ0n) is 46.6. The molecule has 6 aromatic carbocycles. The van der Waals surface area contributed by atoms with Crippen molar-refractivity contribution in [2.45, 2.75) is 87.2 Å². The van der Waals surface area contributed by atoms with Crippen LogP contribution in [0, 0.1) is 20.8 Å². The van der Waals surface area contributed by atoms with E-state index >= 15 is 0 Å². The summed E-state index contributed by atoms with van der Waals surface area (Å²) in [6.07, 6.45) is 6.64. The number of urea groups is 2. The van der Waals surface area contributed by atoms with Gasteiger partial charge in [-0.05, 0) is 127 Å². The monoisotopic (exact) mass is 1070 g/mol. The SMILES string of the molecule is CC.CCc1cc(NC(=O)N2CCc3nc(-c4cccnc4)nc(-c4ccccc4C)c3C2)ccc1-c1ccccc1.CCc1cccc(NC(=O)N2CCc3nc(-c4ccc5c(c4)OCO5)nc(-c4c(C)cccc4C)c3C2)c1.[HH].[HH]. The normalized spacial score (nSPS) is 12.9. The third-order valence-corrected chi connectivity index (χ3v) is 14.8. The Morgan fingerprint density at radius 1 is 0.550 bits per heavy atom. The van der Waals surface area contributed by atoms with Gasteiger partial charge in [0.05, 0.1) is 35.9 Å². The van der Waals surface area contributed by atoms with Gasteiger partial charge in [-0.2, -0.15) is 0 Å². The molecule has 9 aromatic rings. The van der Waals surface area contributed by atoms with E-state index in [1.54, 1.807) is 12.4 Å². The van der Waals surface area contributed by atoms with Gasteiger partial charge in [0.2, 0.25) is 6.79 Å². The molecule has 3 aliphatic rings. The number of pyridine rings is 1. The molecule has 0 bridgehead atoms. The molecule has 0 saturated heterocycles. The van der Waals surface area contributed by atoms with Gasteiger partial charge in [0.1, 0.15) is 0 Å². The molecule has 13 heteroatoms. The molecule has 0 radical (unpaired) electrons. The van der Waals surface area contributed by atoms with Crippen LogP contribution in [-0.2, 0) is 38.8 Å². The number of carbonyl (C=O) groups excluding carboxylic acids is 2. The number of rotatable bonds is 9. The van der Waals surface area contributed by atoms with E-state index < -0.39 is 0 Å². The topological polar surface area (TPSA) is 148 Å². The molecule has 0 unspecified atom stereocenters. The second-order valence-electron chi connectivity index (χ2n) is 19.9. The van der Waals surface area contributed by atoms with E-state index in [1.165, 1.54) is 22.3 Å². The summed E-state index contributed by atoms with van der Waals surface area (Å²) in [4.78, 5) is 54.8. The Morgan fingerprint density at radius 2 is 1.16 bits per heavy atom. The first-order chi connectivity index (χ1) is 39.1. The highest BCUT2D eigenvalue weighted by molar-refractivity contribution is 5.91. The van der Waals surface area contributed by atoms with E-state index in [4.69, 9.17) is 29.4 Å². The molecular formula is C67H71N9O4. The van der Waals surface area contributed by atoms with Crippen LogP contribution in [0.25, 0.3) is 56.4 Å². The third-order valence-electron chi connectivity index (χ3n) is 14.8. The van der Waals surface area contributed by atoms with Crippen molar-refractivity contribution in [1.29, 1.82) is 0 Å². The lowest BCUT2D eigenvalue weighted by molar-refractivity contribution is 0.174. The van der Waals surface area contributed by atoms with Crippen LogP contribution in [0.15, 0.2) is 158 Å². The van der Waals surface area contributed by atoms with Gasteiger partial charge in [-0.25, -0.2) is 29.5 Å². The van der Waals surface area contributed by atoms with E-state index in [-0.39, 0.29) is 21.7 Å². The molecule has 0 fully saturated rings. The van der Waals surface area contributed by atoms with Crippen molar-refractivity contribution < 1.29 is 21.9 Å². The smallest absolute Gasteiger partial charge is 0.322 e. The number of ether oxygens (including phenoxy) is 2. The molecule has 12 rings (SSSR count). The standard InChI is InChI=1S/C34H31N5O.C31H30N4O3.C2H6.2H2/c1-3-24-20-27(15-16-29(24)25-11-5-4-6-12-25)36-34(40)39-19-17-31-30(22-39)32(28-14-8-7-10-23(28)2)38-33(37-31)26-13-9-18-35-21-26;1-4-21-9-6-10-23(15-21)32-31(36)35-14-13-25-24(17-35)29(28-19(2)7-5-8-20(28)3)34-30(33-25)22-11-12-26-27(16-22)38-18-37-26;1-2;;/h4-16,18,20-21H,3,17,19,22H2,1-2H3,(H,36,40);5-12,15-16H,4,13-14,17-18H2,1-3H3,(H,32,36);1-2H3;2*1H. The number of fused-ring (bicyclic) bond motifs is 3. The molecule has 3 aliphatic heterocycles. The maximum atomic E-state index is 13.5. The van der Waals surface area contributed by atoms with Gasteiger partial charge < -0.3 is 29.9 Å². The Bertz CT molecular complexity index is 3690. The summed E-state index contributed by atoms with van der Waals surface area (Å²) < 4.78 is 11.1. The van der Waals surface area contributed by atoms with E-state index in [0.29, 0.717) is 56.4 Å². The highest BCUT2D eigenvalue weighted by atomic mass is 16.7. The van der Waals surface area contributed by atoms with Gasteiger partial charge in [-0.15, -0.1) is 0 Å². The second kappa shape index (κ2) is 24.6. The second-order valence-corrected chi connectivity index (χ2v) is 19.9. The Labute approximate surface area is 472 Å². The molecule has 0 atom stereocenters. The van der Waals surface area contributed by atoms with Crippen LogP contribution in [-0.4, -0.2) is 66.7 Å². The number of hydrogen-bond acceptors (Lipinski definition) is 9. The molecule has 2 N–H and O–H groups in total. The molecule has 6 heterocycles. The van der Waals surface area contributed by atoms with Crippen LogP contribution in [0.2, 0.25) is 0 Å². The quantitative estimate of drug-likeness (QED) is 0.144. The number of amides is 4. The van der Waals surface area contributed by atoms with Gasteiger partial charge in [-0.3, -0.25) is 4.98 Å². The Morgan fingerprint density at radius 3 is 1.84 bits per heavy atom. The van der Waals surface area contributed by atoms with Crippen molar-refractivity contribution in [1.82, 2.24) is 34.7 Å². The summed E-state index contributed by atoms with van der Waals surface area (Å²) in [5.41, 5.74) is 19.4. The predicted molar refractivity (Wildman–Crippen MR) is 323 cm³/mol. The van der Waals surface area contributed by atoms with Crippen LogP contribution in [0.1, 0.15) is 80.9 Å². The molecular weight excluding hydrogens is 995 g/mol. The lowest BCUT2D eigenvalue weighted by Crippen LogP contribution is -2.39. The Kier molecular flexibility index (Phi) is 16.7. The average Bonchev–Trinajstić information content (AvgIpc) is 4.07. The highest BCUT2D eigenvalue weighted by Crippen LogP contribution is 2.39. The first-order valence-electron chi connectivity index (χ1n) is 27.7. The maximum absolute atomic E-state index is 13.5. The van der Waals surface area contributed by atoms with Gasteiger partial charge in [0.15, 0.2) is 23.1 Å². The molecule has 0 saturated carbocycles. The number of carbonyl (C=O) groups is 2. The van der Waals surface area contributed by atoms with Gasteiger partial charge in [-0.1, -0.05) is 119 Å². The summed E-state index contributed by atoms with van der Waals surface area (Å²) in [6, 6.07) is 48.5. The Balaban J connectivity index is 0.000000204. The average molecular weight is 1070 g/mol. The van der Waals surface area contributed by atoms with Crippen molar-refractivity contribution >= 4 is 23.4 Å². The fourth-order valence-corrected chi connectivity index (χ4v) is 10.6. The van der Waals surface area contributed by atoms with E-state index in [9.17, 15) is 9.59 Å². The zero-order chi connectivity index (χ0) is 55.7. The molecule has 0 spiro atoms. The van der Waals surface area contributed by atoms with E-state index in [1.807, 2.05) is 109 Å². The van der Waals surface area contributed by atoms with Crippen LogP contribution in [0.4, 0.5) is 21.0 Å². The molecule has 408 valence electrons. The number of nitrogens with zero attached hydrogens (tertiary/aromatic N) is 7.